The number of halogens is 1. The number of amides is 1. The van der Waals surface area contributed by atoms with Gasteiger partial charge in [-0.2, -0.15) is 0 Å². The Morgan fingerprint density at radius 1 is 1.13 bits per heavy atom. The molecule has 0 bridgehead atoms. The van der Waals surface area contributed by atoms with Crippen molar-refractivity contribution in [2.24, 2.45) is 0 Å². The van der Waals surface area contributed by atoms with Crippen LogP contribution in [0.25, 0.3) is 0 Å². The zero-order chi connectivity index (χ0) is 16.7. The molecule has 122 valence electrons. The van der Waals surface area contributed by atoms with Crippen LogP contribution in [0.15, 0.2) is 48.5 Å². The molecule has 1 unspecified atom stereocenters. The van der Waals surface area contributed by atoms with Crippen molar-refractivity contribution in [3.05, 3.63) is 71.0 Å². The van der Waals surface area contributed by atoms with Gasteiger partial charge in [-0.15, -0.1) is 0 Å². The Kier molecular flexibility index (Phi) is 6.29. The van der Waals surface area contributed by atoms with Crippen LogP contribution in [-0.2, 0) is 17.8 Å². The molecule has 0 saturated carbocycles. The smallest absolute Gasteiger partial charge is 0.220 e. The van der Waals surface area contributed by atoms with E-state index in [2.05, 4.69) is 5.32 Å². The molecule has 2 rings (SSSR count). The summed E-state index contributed by atoms with van der Waals surface area (Å²) in [5.74, 6) is -0.496. The van der Waals surface area contributed by atoms with Crippen molar-refractivity contribution in [1.82, 2.24) is 5.32 Å². The molecule has 1 amide bonds. The van der Waals surface area contributed by atoms with Crippen molar-refractivity contribution in [1.29, 1.82) is 0 Å². The van der Waals surface area contributed by atoms with Crippen LogP contribution in [0.3, 0.4) is 0 Å². The van der Waals surface area contributed by atoms with E-state index in [9.17, 15) is 9.18 Å². The van der Waals surface area contributed by atoms with Gasteiger partial charge < -0.3 is 10.4 Å². The van der Waals surface area contributed by atoms with Gasteiger partial charge in [-0.05, 0) is 35.1 Å². The van der Waals surface area contributed by atoms with Gasteiger partial charge in [0, 0.05) is 13.0 Å². The Morgan fingerprint density at radius 2 is 1.78 bits per heavy atom. The van der Waals surface area contributed by atoms with E-state index in [4.69, 9.17) is 5.11 Å². The number of nitrogens with one attached hydrogen (secondary N) is 1. The molecule has 4 heteroatoms. The highest BCUT2D eigenvalue weighted by atomic mass is 19.1. The molecule has 0 heterocycles. The predicted molar refractivity (Wildman–Crippen MR) is 88.5 cm³/mol. The van der Waals surface area contributed by atoms with Crippen LogP contribution in [0, 0.1) is 5.82 Å². The molecular formula is C19H22FNO2. The van der Waals surface area contributed by atoms with E-state index in [-0.39, 0.29) is 30.7 Å². The first kappa shape index (κ1) is 17.2. The van der Waals surface area contributed by atoms with Crippen LogP contribution in [0.1, 0.15) is 36.0 Å². The molecule has 2 N–H and O–H groups in total. The quantitative estimate of drug-likeness (QED) is 0.824. The molecule has 0 saturated heterocycles. The molecular weight excluding hydrogens is 293 g/mol. The highest BCUT2D eigenvalue weighted by molar-refractivity contribution is 5.76. The molecule has 0 aliphatic heterocycles. The maximum absolute atomic E-state index is 13.7. The Balaban J connectivity index is 1.77. The monoisotopic (exact) mass is 315 g/mol. The lowest BCUT2D eigenvalue weighted by atomic mass is 9.97. The van der Waals surface area contributed by atoms with Crippen molar-refractivity contribution < 1.29 is 14.3 Å². The first-order valence-electron chi connectivity index (χ1n) is 7.80. The van der Waals surface area contributed by atoms with Crippen LogP contribution < -0.4 is 5.32 Å². The second-order valence-electron chi connectivity index (χ2n) is 5.70. The van der Waals surface area contributed by atoms with Crippen molar-refractivity contribution in [2.45, 2.75) is 32.3 Å². The summed E-state index contributed by atoms with van der Waals surface area (Å²) >= 11 is 0. The summed E-state index contributed by atoms with van der Waals surface area (Å²) in [7, 11) is 0. The molecule has 0 aliphatic carbocycles. The number of hydrogen-bond donors (Lipinski definition) is 2. The summed E-state index contributed by atoms with van der Waals surface area (Å²) in [4.78, 5) is 12.0. The average molecular weight is 315 g/mol. The van der Waals surface area contributed by atoms with Gasteiger partial charge in [-0.3, -0.25) is 4.79 Å². The number of carbonyl (C=O) groups is 1. The molecule has 1 atom stereocenters. The van der Waals surface area contributed by atoms with Crippen LogP contribution in [0.4, 0.5) is 4.39 Å². The highest BCUT2D eigenvalue weighted by Crippen LogP contribution is 2.21. The largest absolute Gasteiger partial charge is 0.392 e. The summed E-state index contributed by atoms with van der Waals surface area (Å²) in [5, 5.41) is 11.9. The second kappa shape index (κ2) is 8.44. The third-order valence-electron chi connectivity index (χ3n) is 3.87. The third-order valence-corrected chi connectivity index (χ3v) is 3.87. The van der Waals surface area contributed by atoms with Gasteiger partial charge in [0.1, 0.15) is 5.82 Å². The molecule has 3 nitrogen and oxygen atoms in total. The second-order valence-corrected chi connectivity index (χ2v) is 5.70. The SMILES string of the molecule is CC(CC(=O)NCCc1ccc(CO)cc1)c1ccccc1F. The maximum atomic E-state index is 13.7. The minimum atomic E-state index is -0.267. The van der Waals surface area contributed by atoms with Crippen molar-refractivity contribution in [3.8, 4) is 0 Å². The van der Waals surface area contributed by atoms with E-state index in [1.165, 1.54) is 6.07 Å². The van der Waals surface area contributed by atoms with Crippen molar-refractivity contribution >= 4 is 5.91 Å². The lowest BCUT2D eigenvalue weighted by molar-refractivity contribution is -0.121. The fourth-order valence-electron chi connectivity index (χ4n) is 2.49. The van der Waals surface area contributed by atoms with Gasteiger partial charge in [-0.25, -0.2) is 4.39 Å². The number of aliphatic hydroxyl groups excluding tert-OH is 1. The maximum Gasteiger partial charge on any atom is 0.220 e. The van der Waals surface area contributed by atoms with E-state index in [0.29, 0.717) is 12.1 Å². The Morgan fingerprint density at radius 3 is 2.43 bits per heavy atom. The topological polar surface area (TPSA) is 49.3 Å². The summed E-state index contributed by atoms with van der Waals surface area (Å²) in [6.45, 7) is 2.43. The minimum absolute atomic E-state index is 0.0327. The summed E-state index contributed by atoms with van der Waals surface area (Å²) in [5.41, 5.74) is 2.54. The molecule has 2 aromatic carbocycles. The highest BCUT2D eigenvalue weighted by Gasteiger charge is 2.14. The van der Waals surface area contributed by atoms with Crippen molar-refractivity contribution in [3.63, 3.8) is 0 Å². The minimum Gasteiger partial charge on any atom is -0.392 e. The van der Waals surface area contributed by atoms with Crippen LogP contribution in [-0.4, -0.2) is 17.6 Å². The summed E-state index contributed by atoms with van der Waals surface area (Å²) in [6.07, 6.45) is 0.996. The molecule has 0 spiro atoms. The Hall–Kier alpha value is -2.20. The van der Waals surface area contributed by atoms with E-state index < -0.39 is 0 Å². The summed E-state index contributed by atoms with van der Waals surface area (Å²) < 4.78 is 13.7. The lowest BCUT2D eigenvalue weighted by Gasteiger charge is -2.13. The van der Waals surface area contributed by atoms with Gasteiger partial charge in [-0.1, -0.05) is 49.4 Å². The zero-order valence-corrected chi connectivity index (χ0v) is 13.3. The normalized spacial score (nSPS) is 12.0. The van der Waals surface area contributed by atoms with Crippen LogP contribution in [0.5, 0.6) is 0 Å². The lowest BCUT2D eigenvalue weighted by Crippen LogP contribution is -2.26. The number of carbonyl (C=O) groups excluding carboxylic acids is 1. The van der Waals surface area contributed by atoms with Gasteiger partial charge >= 0.3 is 0 Å². The number of benzene rings is 2. The molecule has 0 aliphatic rings. The Labute approximate surface area is 136 Å². The molecule has 23 heavy (non-hydrogen) atoms. The molecule has 0 radical (unpaired) electrons. The zero-order valence-electron chi connectivity index (χ0n) is 13.3. The van der Waals surface area contributed by atoms with Crippen LogP contribution in [0.2, 0.25) is 0 Å². The van der Waals surface area contributed by atoms with E-state index in [1.807, 2.05) is 31.2 Å². The van der Waals surface area contributed by atoms with Crippen LogP contribution >= 0.6 is 0 Å². The predicted octanol–water partition coefficient (Wildman–Crippen LogP) is 3.17. The molecule has 2 aromatic rings. The summed E-state index contributed by atoms with van der Waals surface area (Å²) in [6, 6.07) is 14.2. The van der Waals surface area contributed by atoms with Gasteiger partial charge in [0.15, 0.2) is 0 Å². The molecule has 0 fully saturated rings. The van der Waals surface area contributed by atoms with Gasteiger partial charge in [0.25, 0.3) is 0 Å². The third kappa shape index (κ3) is 5.18. The number of hydrogen-bond acceptors (Lipinski definition) is 2. The Bertz CT molecular complexity index is 640. The molecule has 0 aromatic heterocycles. The first-order valence-corrected chi connectivity index (χ1v) is 7.80. The fourth-order valence-corrected chi connectivity index (χ4v) is 2.49. The van der Waals surface area contributed by atoms with Gasteiger partial charge in [0.2, 0.25) is 5.91 Å². The standard InChI is InChI=1S/C19H22FNO2/c1-14(17-4-2-3-5-18(17)20)12-19(23)21-11-10-15-6-8-16(13-22)9-7-15/h2-9,14,22H,10-13H2,1H3,(H,21,23). The fraction of sp³-hybridized carbons (Fsp3) is 0.316. The number of rotatable bonds is 7. The first-order chi connectivity index (χ1) is 11.1. The number of aliphatic hydroxyl groups is 1. The van der Waals surface area contributed by atoms with E-state index in [0.717, 1.165) is 17.5 Å². The average Bonchev–Trinajstić information content (AvgIpc) is 2.55. The van der Waals surface area contributed by atoms with Gasteiger partial charge in [0.05, 0.1) is 6.61 Å². The van der Waals surface area contributed by atoms with E-state index >= 15 is 0 Å². The van der Waals surface area contributed by atoms with Crippen molar-refractivity contribution in [2.75, 3.05) is 6.54 Å². The van der Waals surface area contributed by atoms with E-state index in [1.54, 1.807) is 18.2 Å².